The van der Waals surface area contributed by atoms with Crippen molar-refractivity contribution in [3.05, 3.63) is 102 Å². The fourth-order valence-corrected chi connectivity index (χ4v) is 7.73. The maximum absolute atomic E-state index is 14.7. The molecule has 6 aromatic rings. The number of para-hydroxylation sites is 2. The predicted octanol–water partition coefficient (Wildman–Crippen LogP) is 6.91. The number of aromatic nitrogens is 2. The Hall–Kier alpha value is -4.68. The van der Waals surface area contributed by atoms with Crippen LogP contribution in [0.3, 0.4) is 0 Å². The summed E-state index contributed by atoms with van der Waals surface area (Å²) in [7, 11) is 3.41. The molecule has 9 rings (SSSR count). The normalized spacial score (nSPS) is 22.9. The number of allylic oxidation sites excluding steroid dienone is 2. The van der Waals surface area contributed by atoms with Gasteiger partial charge >= 0.3 is 11.8 Å². The largest absolute Gasteiger partial charge is 0.497 e. The van der Waals surface area contributed by atoms with Crippen molar-refractivity contribution in [2.24, 2.45) is 0 Å². The molecule has 0 radical (unpaired) electrons. The topological polar surface area (TPSA) is 53.2 Å². The van der Waals surface area contributed by atoms with E-state index in [0.717, 1.165) is 61.3 Å². The molecule has 2 unspecified atom stereocenters. The van der Waals surface area contributed by atoms with Crippen LogP contribution in [0.4, 0.5) is 0 Å². The van der Waals surface area contributed by atoms with E-state index in [1.807, 2.05) is 36.4 Å². The van der Waals surface area contributed by atoms with Crippen LogP contribution in [-0.4, -0.2) is 39.6 Å². The fraction of sp³-hybridized carbons (Fsp3) is 0.176. The molecule has 4 aromatic carbocycles. The predicted molar refractivity (Wildman–Crippen MR) is 156 cm³/mol. The third-order valence-electron chi connectivity index (χ3n) is 9.48. The zero-order valence-corrected chi connectivity index (χ0v) is 22.2. The Morgan fingerprint density at radius 1 is 0.750 bits per heavy atom. The third-order valence-corrected chi connectivity index (χ3v) is 9.48. The average Bonchev–Trinajstić information content (AvgIpc) is 3.68. The first-order valence-electron chi connectivity index (χ1n) is 13.8. The molecule has 2 atom stereocenters. The van der Waals surface area contributed by atoms with E-state index in [1.165, 1.54) is 0 Å². The number of carbonyl (C=O) groups excluding carboxylic acids is 2. The van der Waals surface area contributed by atoms with Gasteiger partial charge in [-0.15, -0.1) is 0 Å². The maximum Gasteiger partial charge on any atom is 0.355 e. The van der Waals surface area contributed by atoms with Crippen LogP contribution < -0.4 is 4.74 Å². The molecule has 0 saturated carbocycles. The standard InChI is InChI=1S/C34H26N3O3/c1-37(18-19-11-15-22(40-2)16-12-19)33(38)29-27-23-7-3-5-9-25(23)35-20-13-14-21(17-20)36-26-10-6-4-8-24(26)28(30(29)34(37)39)32(36)31(27)35/h3-16,20-21H,17-18H2,1-2H3/q+1. The Morgan fingerprint density at radius 2 is 1.25 bits per heavy atom. The van der Waals surface area contributed by atoms with E-state index >= 15 is 0 Å². The van der Waals surface area contributed by atoms with Crippen molar-refractivity contribution >= 4 is 55.4 Å². The number of fused-ring (bicyclic) bond motifs is 13. The van der Waals surface area contributed by atoms with E-state index in [-0.39, 0.29) is 34.9 Å². The van der Waals surface area contributed by atoms with E-state index in [2.05, 4.69) is 57.7 Å². The first-order valence-corrected chi connectivity index (χ1v) is 13.8. The third kappa shape index (κ3) is 2.44. The van der Waals surface area contributed by atoms with Gasteiger partial charge in [0.05, 0.1) is 37.3 Å². The molecule has 6 heteroatoms. The zero-order chi connectivity index (χ0) is 26.9. The van der Waals surface area contributed by atoms with Gasteiger partial charge < -0.3 is 13.9 Å². The highest BCUT2D eigenvalue weighted by molar-refractivity contribution is 6.36. The highest BCUT2D eigenvalue weighted by Gasteiger charge is 2.54. The van der Waals surface area contributed by atoms with Crippen molar-refractivity contribution < 1.29 is 18.8 Å². The zero-order valence-electron chi connectivity index (χ0n) is 22.2. The number of nitrogens with zero attached hydrogens (tertiary/aromatic N) is 3. The summed E-state index contributed by atoms with van der Waals surface area (Å²) < 4.78 is 9.86. The maximum atomic E-state index is 14.7. The van der Waals surface area contributed by atoms with Gasteiger partial charge in [0.25, 0.3) is 0 Å². The number of methoxy groups -OCH3 is 1. The number of quaternary nitrogens is 1. The summed E-state index contributed by atoms with van der Waals surface area (Å²) in [5.41, 5.74) is 6.42. The Balaban J connectivity index is 1.45. The van der Waals surface area contributed by atoms with Crippen LogP contribution in [-0.2, 0) is 6.54 Å². The molecule has 2 bridgehead atoms. The highest BCUT2D eigenvalue weighted by atomic mass is 16.5. The second-order valence-corrected chi connectivity index (χ2v) is 11.5. The summed E-state index contributed by atoms with van der Waals surface area (Å²) in [4.78, 5) is 29.3. The van der Waals surface area contributed by atoms with Gasteiger partial charge in [-0.3, -0.25) is 0 Å². The van der Waals surface area contributed by atoms with Crippen molar-refractivity contribution in [1.29, 1.82) is 0 Å². The van der Waals surface area contributed by atoms with Gasteiger partial charge in [0.15, 0.2) is 0 Å². The molecule has 2 amide bonds. The molecule has 2 aliphatic heterocycles. The summed E-state index contributed by atoms with van der Waals surface area (Å²) in [6.45, 7) is 0.281. The number of carbonyl (C=O) groups is 2. The Morgan fingerprint density at radius 3 is 1.75 bits per heavy atom. The van der Waals surface area contributed by atoms with Gasteiger partial charge in [-0.25, -0.2) is 9.59 Å². The first kappa shape index (κ1) is 22.2. The number of ether oxygens (including phenoxy) is 1. The van der Waals surface area contributed by atoms with Gasteiger partial charge in [-0.05, 0) is 42.8 Å². The second-order valence-electron chi connectivity index (χ2n) is 11.5. The molecule has 2 aromatic heterocycles. The number of amides is 2. The van der Waals surface area contributed by atoms with Crippen molar-refractivity contribution in [2.75, 3.05) is 14.2 Å². The molecule has 40 heavy (non-hydrogen) atoms. The van der Waals surface area contributed by atoms with E-state index in [9.17, 15) is 9.59 Å². The molecule has 0 fully saturated rings. The lowest BCUT2D eigenvalue weighted by molar-refractivity contribution is -0.755. The van der Waals surface area contributed by atoms with E-state index < -0.39 is 0 Å². The Labute approximate surface area is 229 Å². The average molecular weight is 525 g/mol. The molecule has 0 saturated heterocycles. The number of rotatable bonds is 3. The van der Waals surface area contributed by atoms with Crippen LogP contribution in [0.2, 0.25) is 0 Å². The lowest BCUT2D eigenvalue weighted by atomic mass is 9.96. The fourth-order valence-electron chi connectivity index (χ4n) is 7.73. The van der Waals surface area contributed by atoms with Crippen LogP contribution in [0, 0.1) is 0 Å². The van der Waals surface area contributed by atoms with E-state index in [1.54, 1.807) is 14.2 Å². The van der Waals surface area contributed by atoms with Crippen LogP contribution in [0.15, 0.2) is 84.9 Å². The number of benzene rings is 4. The minimum Gasteiger partial charge on any atom is -0.497 e. The highest BCUT2D eigenvalue weighted by Crippen LogP contribution is 2.53. The van der Waals surface area contributed by atoms with Crippen LogP contribution in [0.5, 0.6) is 5.75 Å². The molecule has 3 aliphatic rings. The van der Waals surface area contributed by atoms with E-state index in [0.29, 0.717) is 11.1 Å². The number of hydrogen-bond donors (Lipinski definition) is 0. The van der Waals surface area contributed by atoms with Crippen molar-refractivity contribution in [3.63, 3.8) is 0 Å². The Kier molecular flexibility index (Phi) is 4.04. The summed E-state index contributed by atoms with van der Waals surface area (Å²) in [6, 6.07) is 24.7. The molecular formula is C34H26N3O3+. The number of imide groups is 1. The number of hydrogen-bond acceptors (Lipinski definition) is 3. The van der Waals surface area contributed by atoms with Gasteiger partial charge in [0.1, 0.15) is 23.4 Å². The van der Waals surface area contributed by atoms with Gasteiger partial charge in [0.2, 0.25) is 0 Å². The van der Waals surface area contributed by atoms with Gasteiger partial charge in [0, 0.05) is 38.1 Å². The van der Waals surface area contributed by atoms with Crippen molar-refractivity contribution in [1.82, 2.24) is 9.13 Å². The first-order chi connectivity index (χ1) is 19.5. The minimum absolute atomic E-state index is 0.137. The molecule has 0 spiro atoms. The second kappa shape index (κ2) is 7.29. The lowest BCUT2D eigenvalue weighted by Crippen LogP contribution is -2.48. The smallest absolute Gasteiger partial charge is 0.355 e. The minimum atomic E-state index is -0.319. The Bertz CT molecular complexity index is 2040. The SMILES string of the molecule is COc1ccc(C[N+]2(C)C(=O)c3c(c4c5ccccc5n5c4c4c3c3ccccc3n4C3C=CC5C3)C2=O)cc1. The summed E-state index contributed by atoms with van der Waals surface area (Å²) in [5, 5.41) is 3.89. The molecular weight excluding hydrogens is 498 g/mol. The molecule has 4 heterocycles. The molecule has 0 N–H and O–H groups in total. The quantitative estimate of drug-likeness (QED) is 0.144. The summed E-state index contributed by atoms with van der Waals surface area (Å²) >= 11 is 0. The van der Waals surface area contributed by atoms with Crippen molar-refractivity contribution in [2.45, 2.75) is 25.0 Å². The molecule has 194 valence electrons. The van der Waals surface area contributed by atoms with Crippen LogP contribution >= 0.6 is 0 Å². The van der Waals surface area contributed by atoms with Crippen LogP contribution in [0.25, 0.3) is 43.6 Å². The summed E-state index contributed by atoms with van der Waals surface area (Å²) in [6.07, 6.45) is 5.57. The van der Waals surface area contributed by atoms with Crippen LogP contribution in [0.1, 0.15) is 44.8 Å². The summed E-state index contributed by atoms with van der Waals surface area (Å²) in [5.74, 6) is 0.472. The van der Waals surface area contributed by atoms with Crippen molar-refractivity contribution in [3.8, 4) is 5.75 Å². The molecule has 6 nitrogen and oxygen atoms in total. The lowest BCUT2D eigenvalue weighted by Gasteiger charge is -2.23. The van der Waals surface area contributed by atoms with Gasteiger partial charge in [-0.1, -0.05) is 48.6 Å². The van der Waals surface area contributed by atoms with E-state index in [4.69, 9.17) is 4.74 Å². The molecule has 1 aliphatic carbocycles. The monoisotopic (exact) mass is 524 g/mol. The van der Waals surface area contributed by atoms with Gasteiger partial charge in [-0.2, -0.15) is 4.48 Å².